The third kappa shape index (κ3) is 3.64. The maximum atomic E-state index is 13.4. The first-order chi connectivity index (χ1) is 10.7. The van der Waals surface area contributed by atoms with Gasteiger partial charge in [0.2, 0.25) is 0 Å². The van der Waals surface area contributed by atoms with E-state index >= 15 is 0 Å². The molecule has 0 amide bonds. The Kier molecular flexibility index (Phi) is 4.71. The van der Waals surface area contributed by atoms with E-state index in [-0.39, 0.29) is 12.4 Å². The number of fused-ring (bicyclic) bond motifs is 1. The van der Waals surface area contributed by atoms with Crippen LogP contribution in [0.25, 0.3) is 0 Å². The minimum atomic E-state index is -0.634. The van der Waals surface area contributed by atoms with E-state index in [1.807, 2.05) is 6.07 Å². The predicted molar refractivity (Wildman–Crippen MR) is 83.3 cm³/mol. The summed E-state index contributed by atoms with van der Waals surface area (Å²) >= 11 is 0. The van der Waals surface area contributed by atoms with E-state index in [0.717, 1.165) is 19.5 Å². The Bertz CT molecular complexity index is 632. The van der Waals surface area contributed by atoms with Crippen molar-refractivity contribution in [2.45, 2.75) is 19.1 Å². The summed E-state index contributed by atoms with van der Waals surface area (Å²) in [6, 6.07) is 14.6. The minimum absolute atomic E-state index is 0.0963. The molecule has 1 atom stereocenters. The number of hydrogen-bond donors (Lipinski definition) is 1. The second kappa shape index (κ2) is 6.90. The van der Waals surface area contributed by atoms with Crippen molar-refractivity contribution in [1.82, 2.24) is 4.90 Å². The van der Waals surface area contributed by atoms with Crippen LogP contribution in [0.4, 0.5) is 4.39 Å². The third-order valence-electron chi connectivity index (χ3n) is 3.95. The highest BCUT2D eigenvalue weighted by atomic mass is 19.1. The van der Waals surface area contributed by atoms with Gasteiger partial charge in [-0.1, -0.05) is 36.4 Å². The van der Waals surface area contributed by atoms with Crippen LogP contribution in [0.2, 0.25) is 0 Å². The number of benzene rings is 2. The molecule has 0 radical (unpaired) electrons. The summed E-state index contributed by atoms with van der Waals surface area (Å²) in [5.74, 6) is -0.216. The first-order valence-corrected chi connectivity index (χ1v) is 7.57. The van der Waals surface area contributed by atoms with Gasteiger partial charge in [0.1, 0.15) is 12.7 Å². The molecule has 22 heavy (non-hydrogen) atoms. The Balaban J connectivity index is 1.51. The summed E-state index contributed by atoms with van der Waals surface area (Å²) in [6.45, 7) is 2.39. The zero-order valence-corrected chi connectivity index (χ0v) is 12.4. The number of hydrogen-bond acceptors (Lipinski definition) is 3. The number of para-hydroxylation sites is 1. The molecule has 0 saturated heterocycles. The summed E-state index contributed by atoms with van der Waals surface area (Å²) in [5, 5.41) is 10.1. The van der Waals surface area contributed by atoms with Crippen LogP contribution >= 0.6 is 0 Å². The molecule has 0 spiro atoms. The van der Waals surface area contributed by atoms with Gasteiger partial charge in [0, 0.05) is 19.6 Å². The highest BCUT2D eigenvalue weighted by Crippen LogP contribution is 2.19. The molecule has 4 heteroatoms. The van der Waals surface area contributed by atoms with Crippen LogP contribution in [0.5, 0.6) is 5.75 Å². The Labute approximate surface area is 130 Å². The largest absolute Gasteiger partial charge is 0.488 e. The van der Waals surface area contributed by atoms with E-state index in [1.165, 1.54) is 17.2 Å². The molecule has 1 aliphatic rings. The van der Waals surface area contributed by atoms with Gasteiger partial charge in [0.15, 0.2) is 11.6 Å². The summed E-state index contributed by atoms with van der Waals surface area (Å²) in [5.41, 5.74) is 2.70. The van der Waals surface area contributed by atoms with E-state index in [2.05, 4.69) is 23.1 Å². The molecule has 0 saturated carbocycles. The molecule has 1 N–H and O–H groups in total. The molecule has 0 bridgehead atoms. The number of aliphatic hydroxyl groups excluding tert-OH is 1. The number of aliphatic hydroxyl groups is 1. The second-order valence-electron chi connectivity index (χ2n) is 5.65. The molecule has 0 aromatic heterocycles. The van der Waals surface area contributed by atoms with Crippen molar-refractivity contribution < 1.29 is 14.2 Å². The number of halogens is 1. The van der Waals surface area contributed by atoms with Gasteiger partial charge in [0.25, 0.3) is 0 Å². The van der Waals surface area contributed by atoms with E-state index < -0.39 is 11.9 Å². The first kappa shape index (κ1) is 15.0. The standard InChI is InChI=1S/C18H20FNO2/c19-17-7-3-4-8-18(17)22-13-16(21)12-20-10-9-14-5-1-2-6-15(14)11-20/h1-8,16,21H,9-13H2. The van der Waals surface area contributed by atoms with Gasteiger partial charge in [-0.15, -0.1) is 0 Å². The predicted octanol–water partition coefficient (Wildman–Crippen LogP) is 2.62. The SMILES string of the molecule is OC(COc1ccccc1F)CN1CCc2ccccc2C1. The molecule has 116 valence electrons. The maximum absolute atomic E-state index is 13.4. The van der Waals surface area contributed by atoms with Crippen molar-refractivity contribution in [1.29, 1.82) is 0 Å². The number of ether oxygens (including phenoxy) is 1. The Morgan fingerprint density at radius 3 is 2.64 bits per heavy atom. The number of rotatable bonds is 5. The molecular weight excluding hydrogens is 281 g/mol. The van der Waals surface area contributed by atoms with Gasteiger partial charge < -0.3 is 9.84 Å². The molecule has 0 fully saturated rings. The minimum Gasteiger partial charge on any atom is -0.488 e. The molecule has 0 aliphatic carbocycles. The molecule has 1 unspecified atom stereocenters. The van der Waals surface area contributed by atoms with Crippen LogP contribution in [0.3, 0.4) is 0 Å². The molecule has 3 rings (SSSR count). The summed E-state index contributed by atoms with van der Waals surface area (Å²) in [4.78, 5) is 2.21. The monoisotopic (exact) mass is 301 g/mol. The molecule has 3 nitrogen and oxygen atoms in total. The van der Waals surface area contributed by atoms with E-state index in [4.69, 9.17) is 4.74 Å². The van der Waals surface area contributed by atoms with Gasteiger partial charge in [-0.05, 0) is 29.7 Å². The zero-order valence-electron chi connectivity index (χ0n) is 12.4. The lowest BCUT2D eigenvalue weighted by molar-refractivity contribution is 0.0624. The number of nitrogens with zero attached hydrogens (tertiary/aromatic N) is 1. The van der Waals surface area contributed by atoms with Crippen LogP contribution in [-0.2, 0) is 13.0 Å². The summed E-state index contributed by atoms with van der Waals surface area (Å²) in [6.07, 6.45) is 0.363. The molecule has 1 heterocycles. The molecule has 2 aromatic carbocycles. The normalized spacial score (nSPS) is 16.1. The van der Waals surface area contributed by atoms with E-state index in [1.54, 1.807) is 18.2 Å². The highest BCUT2D eigenvalue weighted by Gasteiger charge is 2.18. The summed E-state index contributed by atoms with van der Waals surface area (Å²) in [7, 11) is 0. The van der Waals surface area contributed by atoms with Gasteiger partial charge in [-0.3, -0.25) is 4.90 Å². The second-order valence-corrected chi connectivity index (χ2v) is 5.65. The lowest BCUT2D eigenvalue weighted by Crippen LogP contribution is -2.38. The van der Waals surface area contributed by atoms with Crippen LogP contribution in [-0.4, -0.2) is 35.8 Å². The van der Waals surface area contributed by atoms with Crippen LogP contribution in [0.15, 0.2) is 48.5 Å². The van der Waals surface area contributed by atoms with Crippen molar-refractivity contribution in [3.05, 3.63) is 65.5 Å². The van der Waals surface area contributed by atoms with Gasteiger partial charge >= 0.3 is 0 Å². The highest BCUT2D eigenvalue weighted by molar-refractivity contribution is 5.29. The maximum Gasteiger partial charge on any atom is 0.165 e. The van der Waals surface area contributed by atoms with E-state index in [9.17, 15) is 9.50 Å². The number of β-amino-alcohol motifs (C(OH)–C–C–N with tert-alkyl or cyclic N) is 1. The summed E-state index contributed by atoms with van der Waals surface area (Å²) < 4.78 is 18.8. The average Bonchev–Trinajstić information content (AvgIpc) is 2.54. The van der Waals surface area contributed by atoms with Gasteiger partial charge in [0.05, 0.1) is 0 Å². The fourth-order valence-corrected chi connectivity index (χ4v) is 2.81. The Morgan fingerprint density at radius 1 is 1.09 bits per heavy atom. The van der Waals surface area contributed by atoms with Crippen molar-refractivity contribution in [2.75, 3.05) is 19.7 Å². The fraction of sp³-hybridized carbons (Fsp3) is 0.333. The van der Waals surface area contributed by atoms with Crippen LogP contribution < -0.4 is 4.74 Å². The molecule has 2 aromatic rings. The van der Waals surface area contributed by atoms with Crippen LogP contribution in [0.1, 0.15) is 11.1 Å². The zero-order chi connectivity index (χ0) is 15.4. The topological polar surface area (TPSA) is 32.7 Å². The molecule has 1 aliphatic heterocycles. The lowest BCUT2D eigenvalue weighted by atomic mass is 10.00. The lowest BCUT2D eigenvalue weighted by Gasteiger charge is -2.30. The van der Waals surface area contributed by atoms with Crippen LogP contribution in [0, 0.1) is 5.82 Å². The smallest absolute Gasteiger partial charge is 0.165 e. The Morgan fingerprint density at radius 2 is 1.82 bits per heavy atom. The van der Waals surface area contributed by atoms with Gasteiger partial charge in [-0.25, -0.2) is 4.39 Å². The Hall–Kier alpha value is -1.91. The van der Waals surface area contributed by atoms with Crippen molar-refractivity contribution in [3.63, 3.8) is 0 Å². The van der Waals surface area contributed by atoms with Crippen molar-refractivity contribution in [2.24, 2.45) is 0 Å². The quantitative estimate of drug-likeness (QED) is 0.921. The molecular formula is C18H20FNO2. The van der Waals surface area contributed by atoms with E-state index in [0.29, 0.717) is 6.54 Å². The van der Waals surface area contributed by atoms with Crippen molar-refractivity contribution in [3.8, 4) is 5.75 Å². The first-order valence-electron chi connectivity index (χ1n) is 7.57. The average molecular weight is 301 g/mol. The van der Waals surface area contributed by atoms with Gasteiger partial charge in [-0.2, -0.15) is 0 Å². The fourth-order valence-electron chi connectivity index (χ4n) is 2.81. The van der Waals surface area contributed by atoms with Crippen molar-refractivity contribution >= 4 is 0 Å². The third-order valence-corrected chi connectivity index (χ3v) is 3.95.